The van der Waals surface area contributed by atoms with Gasteiger partial charge in [-0.25, -0.2) is 4.98 Å². The van der Waals surface area contributed by atoms with Crippen LogP contribution in [0.25, 0.3) is 17.2 Å². The van der Waals surface area contributed by atoms with Crippen LogP contribution in [0.5, 0.6) is 0 Å². The highest BCUT2D eigenvalue weighted by Gasteiger charge is 2.03. The molecule has 0 aliphatic rings. The second-order valence-corrected chi connectivity index (χ2v) is 2.83. The molecule has 0 aliphatic carbocycles. The zero-order valence-electron chi connectivity index (χ0n) is 7.16. The lowest BCUT2D eigenvalue weighted by Gasteiger charge is -1.95. The van der Waals surface area contributed by atoms with E-state index in [1.165, 1.54) is 0 Å². The average molecular weight is 186 g/mol. The van der Waals surface area contributed by atoms with Crippen molar-refractivity contribution in [3.8, 4) is 11.5 Å². The van der Waals surface area contributed by atoms with Gasteiger partial charge in [0.25, 0.3) is 5.78 Å². The summed E-state index contributed by atoms with van der Waals surface area (Å²) in [4.78, 5) is 4.27. The van der Waals surface area contributed by atoms with Crippen LogP contribution in [0.4, 0.5) is 0 Å². The molecule has 0 saturated carbocycles. The Labute approximate surface area is 79.0 Å². The molecule has 0 N–H and O–H groups in total. The molecule has 0 aliphatic heterocycles. The van der Waals surface area contributed by atoms with Crippen molar-refractivity contribution in [2.45, 2.75) is 0 Å². The van der Waals surface area contributed by atoms with Gasteiger partial charge >= 0.3 is 0 Å². The molecular weight excluding hydrogens is 180 g/mol. The van der Waals surface area contributed by atoms with E-state index < -0.39 is 0 Å². The Morgan fingerprint density at radius 2 is 2.29 bits per heavy atom. The Hall–Kier alpha value is -2.17. The molecule has 0 radical (unpaired) electrons. The molecule has 0 saturated heterocycles. The number of rotatable bonds is 1. The Balaban J connectivity index is 2.23. The second kappa shape index (κ2) is 2.66. The summed E-state index contributed by atoms with van der Waals surface area (Å²) >= 11 is 0. The maximum absolute atomic E-state index is 5.23. The van der Waals surface area contributed by atoms with Gasteiger partial charge in [0.15, 0.2) is 5.76 Å². The molecule has 0 unspecified atom stereocenters. The summed E-state index contributed by atoms with van der Waals surface area (Å²) in [7, 11) is 0. The molecule has 0 spiro atoms. The van der Waals surface area contributed by atoms with Crippen LogP contribution in [0, 0.1) is 0 Å². The third-order valence-electron chi connectivity index (χ3n) is 1.94. The topological polar surface area (TPSA) is 56.2 Å². The van der Waals surface area contributed by atoms with Gasteiger partial charge in [0.2, 0.25) is 0 Å². The fourth-order valence-electron chi connectivity index (χ4n) is 1.28. The summed E-state index contributed by atoms with van der Waals surface area (Å²) in [6, 6.07) is 5.54. The predicted octanol–water partition coefficient (Wildman–Crippen LogP) is 1.38. The molecule has 14 heavy (non-hydrogen) atoms. The monoisotopic (exact) mass is 186 g/mol. The molecule has 3 rings (SSSR count). The molecule has 5 heteroatoms. The van der Waals surface area contributed by atoms with E-state index in [1.807, 2.05) is 24.4 Å². The minimum atomic E-state index is 0.568. The first-order valence-corrected chi connectivity index (χ1v) is 4.14. The van der Waals surface area contributed by atoms with Gasteiger partial charge in [-0.1, -0.05) is 0 Å². The summed E-state index contributed by atoms with van der Waals surface area (Å²) in [6.07, 6.45) is 5.07. The Bertz CT molecular complexity index is 555. The standard InChI is InChI=1S/C9H6N4O/c1-2-8(14-5-1)7-3-4-13-6-10-12-9(13)11-7/h1-6H. The van der Waals surface area contributed by atoms with Gasteiger partial charge in [-0.3, -0.25) is 4.40 Å². The van der Waals surface area contributed by atoms with Crippen LogP contribution in [-0.4, -0.2) is 19.6 Å². The van der Waals surface area contributed by atoms with Crippen LogP contribution in [-0.2, 0) is 0 Å². The number of hydrogen-bond donors (Lipinski definition) is 0. The van der Waals surface area contributed by atoms with E-state index in [1.54, 1.807) is 17.0 Å². The van der Waals surface area contributed by atoms with Crippen molar-refractivity contribution in [1.82, 2.24) is 19.6 Å². The maximum atomic E-state index is 5.23. The molecule has 5 nitrogen and oxygen atoms in total. The van der Waals surface area contributed by atoms with E-state index in [4.69, 9.17) is 4.42 Å². The van der Waals surface area contributed by atoms with Gasteiger partial charge in [-0.15, -0.1) is 10.2 Å². The molecule has 3 aromatic rings. The van der Waals surface area contributed by atoms with E-state index >= 15 is 0 Å². The number of furan rings is 1. The van der Waals surface area contributed by atoms with Crippen molar-refractivity contribution >= 4 is 5.78 Å². The largest absolute Gasteiger partial charge is 0.463 e. The third kappa shape index (κ3) is 0.990. The van der Waals surface area contributed by atoms with E-state index in [0.717, 1.165) is 11.5 Å². The number of nitrogens with zero attached hydrogens (tertiary/aromatic N) is 4. The molecule has 68 valence electrons. The lowest BCUT2D eigenvalue weighted by Crippen LogP contribution is -1.89. The fraction of sp³-hybridized carbons (Fsp3) is 0. The summed E-state index contributed by atoms with van der Waals surface area (Å²) in [5.74, 6) is 1.30. The van der Waals surface area contributed by atoms with Gasteiger partial charge in [-0.2, -0.15) is 0 Å². The number of aromatic nitrogens is 4. The highest BCUT2D eigenvalue weighted by atomic mass is 16.3. The van der Waals surface area contributed by atoms with Crippen molar-refractivity contribution in [2.24, 2.45) is 0 Å². The van der Waals surface area contributed by atoms with Crippen molar-refractivity contribution in [3.63, 3.8) is 0 Å². The molecule has 0 fully saturated rings. The average Bonchev–Trinajstić information content (AvgIpc) is 2.88. The zero-order chi connectivity index (χ0) is 9.38. The zero-order valence-corrected chi connectivity index (χ0v) is 7.16. The van der Waals surface area contributed by atoms with Crippen LogP contribution in [0.1, 0.15) is 0 Å². The molecule has 0 aromatic carbocycles. The lowest BCUT2D eigenvalue weighted by molar-refractivity contribution is 0.580. The Kier molecular flexibility index (Phi) is 1.38. The normalized spacial score (nSPS) is 10.9. The quantitative estimate of drug-likeness (QED) is 0.576. The maximum Gasteiger partial charge on any atom is 0.255 e. The summed E-state index contributed by atoms with van der Waals surface area (Å²) < 4.78 is 6.97. The minimum absolute atomic E-state index is 0.568. The third-order valence-corrected chi connectivity index (χ3v) is 1.94. The summed E-state index contributed by atoms with van der Waals surface area (Å²) in [5.41, 5.74) is 0.760. The molecule has 0 amide bonds. The Morgan fingerprint density at radius 3 is 3.14 bits per heavy atom. The molecular formula is C9H6N4O. The van der Waals surface area contributed by atoms with Crippen LogP contribution >= 0.6 is 0 Å². The molecule has 0 bridgehead atoms. The highest BCUT2D eigenvalue weighted by Crippen LogP contribution is 2.16. The van der Waals surface area contributed by atoms with Crippen molar-refractivity contribution in [3.05, 3.63) is 37.0 Å². The predicted molar refractivity (Wildman–Crippen MR) is 48.5 cm³/mol. The first kappa shape index (κ1) is 7.25. The van der Waals surface area contributed by atoms with Gasteiger partial charge in [0.1, 0.15) is 12.0 Å². The first-order chi connectivity index (χ1) is 6.93. The fourth-order valence-corrected chi connectivity index (χ4v) is 1.28. The van der Waals surface area contributed by atoms with Crippen molar-refractivity contribution < 1.29 is 4.42 Å². The van der Waals surface area contributed by atoms with E-state index in [0.29, 0.717) is 5.78 Å². The highest BCUT2D eigenvalue weighted by molar-refractivity contribution is 5.53. The first-order valence-electron chi connectivity index (χ1n) is 4.14. The molecule has 0 atom stereocenters. The van der Waals surface area contributed by atoms with Crippen LogP contribution in [0.15, 0.2) is 41.4 Å². The van der Waals surface area contributed by atoms with E-state index in [9.17, 15) is 0 Å². The smallest absolute Gasteiger partial charge is 0.255 e. The van der Waals surface area contributed by atoms with E-state index in [2.05, 4.69) is 15.2 Å². The van der Waals surface area contributed by atoms with Gasteiger partial charge < -0.3 is 4.42 Å². The second-order valence-electron chi connectivity index (χ2n) is 2.83. The summed E-state index contributed by atoms with van der Waals surface area (Å²) in [6.45, 7) is 0. The van der Waals surface area contributed by atoms with Crippen LogP contribution in [0.2, 0.25) is 0 Å². The van der Waals surface area contributed by atoms with Gasteiger partial charge in [-0.05, 0) is 18.2 Å². The summed E-state index contributed by atoms with van der Waals surface area (Å²) in [5, 5.41) is 7.59. The SMILES string of the molecule is c1coc(-c2ccn3cnnc3n2)c1. The van der Waals surface area contributed by atoms with Gasteiger partial charge in [0, 0.05) is 6.20 Å². The molecule has 3 aromatic heterocycles. The number of fused-ring (bicyclic) bond motifs is 1. The van der Waals surface area contributed by atoms with E-state index in [-0.39, 0.29) is 0 Å². The van der Waals surface area contributed by atoms with Crippen molar-refractivity contribution in [1.29, 1.82) is 0 Å². The Morgan fingerprint density at radius 1 is 1.29 bits per heavy atom. The van der Waals surface area contributed by atoms with Crippen LogP contribution < -0.4 is 0 Å². The van der Waals surface area contributed by atoms with Crippen molar-refractivity contribution in [2.75, 3.05) is 0 Å². The van der Waals surface area contributed by atoms with Crippen LogP contribution in [0.3, 0.4) is 0 Å². The lowest BCUT2D eigenvalue weighted by atomic mass is 10.3. The van der Waals surface area contributed by atoms with Gasteiger partial charge in [0.05, 0.1) is 6.26 Å². The molecule has 3 heterocycles. The number of hydrogen-bond acceptors (Lipinski definition) is 4. The minimum Gasteiger partial charge on any atom is -0.463 e.